The van der Waals surface area contributed by atoms with Gasteiger partial charge in [-0.1, -0.05) is 5.16 Å². The number of nitrogens with zero attached hydrogens (tertiary/aromatic N) is 2. The number of oxime groups is 1. The van der Waals surface area contributed by atoms with Crippen molar-refractivity contribution in [3.8, 4) is 0 Å². The molecule has 1 aliphatic heterocycles. The van der Waals surface area contributed by atoms with Gasteiger partial charge in [0.05, 0.1) is 6.61 Å². The number of aromatic nitrogens is 1. The summed E-state index contributed by atoms with van der Waals surface area (Å²) in [6.45, 7) is 1.71. The highest BCUT2D eigenvalue weighted by Crippen LogP contribution is 2.21. The average molecular weight is 429 g/mol. The minimum Gasteiger partial charge on any atom is -0.477 e. The van der Waals surface area contributed by atoms with E-state index in [0.29, 0.717) is 5.75 Å². The maximum Gasteiger partial charge on any atom is 0.351 e. The maximum absolute atomic E-state index is 12.7. The maximum atomic E-state index is 12.7. The zero-order valence-corrected chi connectivity index (χ0v) is 16.6. The van der Waals surface area contributed by atoms with Crippen LogP contribution in [-0.4, -0.2) is 64.5 Å². The van der Waals surface area contributed by atoms with E-state index in [1.807, 2.05) is 0 Å². The first-order valence-corrected chi connectivity index (χ1v) is 9.91. The third-order valence-corrected chi connectivity index (χ3v) is 5.17. The summed E-state index contributed by atoms with van der Waals surface area (Å²) in [4.78, 5) is 45.1. The van der Waals surface area contributed by atoms with E-state index in [9.17, 15) is 19.5 Å². The first kappa shape index (κ1) is 21.5. The number of nitrogens with one attached hydrogen (secondary N) is 2. The van der Waals surface area contributed by atoms with E-state index in [2.05, 4.69) is 20.8 Å². The molecule has 28 heavy (non-hydrogen) atoms. The van der Waals surface area contributed by atoms with Crippen LogP contribution in [0.2, 0.25) is 0 Å². The predicted molar refractivity (Wildman–Crippen MR) is 104 cm³/mol. The molecular formula is C15H19N5O6S2. The molecule has 0 aromatic carbocycles. The van der Waals surface area contributed by atoms with Crippen LogP contribution in [0.15, 0.2) is 22.3 Å². The Labute approximate surface area is 168 Å². The third-order valence-electron chi connectivity index (χ3n) is 3.38. The molecule has 0 saturated heterocycles. The number of nitrogens with two attached hydrogens (primary N) is 1. The van der Waals surface area contributed by atoms with Crippen LogP contribution in [0.4, 0.5) is 5.13 Å². The largest absolute Gasteiger partial charge is 0.477 e. The standard InChI is InChI=1S/C15H19N5O6S2/c1-3-26-14(24)10(12-17-7(13(22)23)4-5-27-12)19-11(21)9(20-25-2)8-6-28-15(16)18-8/h4,6,10,12,17H,3,5H2,1-2H3,(H2,16,18)(H,19,21)(H,22,23)/b20-9-/t10-,12-/m0/s1. The Kier molecular flexibility index (Phi) is 7.63. The van der Waals surface area contributed by atoms with Gasteiger partial charge >= 0.3 is 11.9 Å². The molecule has 1 aromatic rings. The number of esters is 1. The monoisotopic (exact) mass is 429 g/mol. The van der Waals surface area contributed by atoms with Gasteiger partial charge in [0.2, 0.25) is 0 Å². The van der Waals surface area contributed by atoms with Crippen molar-refractivity contribution >= 4 is 51.8 Å². The van der Waals surface area contributed by atoms with E-state index < -0.39 is 29.3 Å². The van der Waals surface area contributed by atoms with Crippen LogP contribution in [0.1, 0.15) is 12.6 Å². The number of carboxylic acid groups (broad SMARTS) is 1. The lowest BCUT2D eigenvalue weighted by molar-refractivity contribution is -0.147. The first-order chi connectivity index (χ1) is 13.4. The Hall–Kier alpha value is -2.80. The van der Waals surface area contributed by atoms with E-state index in [0.717, 1.165) is 11.3 Å². The number of thiazole rings is 1. The van der Waals surface area contributed by atoms with E-state index in [1.54, 1.807) is 6.92 Å². The number of carboxylic acids is 1. The summed E-state index contributed by atoms with van der Waals surface area (Å²) in [6, 6.07) is -1.18. The number of anilines is 1. The topological polar surface area (TPSA) is 165 Å². The summed E-state index contributed by atoms with van der Waals surface area (Å²) in [5.74, 6) is -2.30. The molecule has 152 valence electrons. The van der Waals surface area contributed by atoms with E-state index in [4.69, 9.17) is 15.3 Å². The number of amides is 1. The molecule has 2 rings (SSSR count). The first-order valence-electron chi connectivity index (χ1n) is 7.99. The lowest BCUT2D eigenvalue weighted by Crippen LogP contribution is -2.56. The van der Waals surface area contributed by atoms with Gasteiger partial charge in [0.25, 0.3) is 5.91 Å². The molecule has 0 unspecified atom stereocenters. The number of ether oxygens (including phenoxy) is 1. The summed E-state index contributed by atoms with van der Waals surface area (Å²) in [5, 5.41) is 19.1. The minimum atomic E-state index is -1.18. The fraction of sp³-hybridized carbons (Fsp3) is 0.400. The molecule has 2 atom stereocenters. The van der Waals surface area contributed by atoms with Gasteiger partial charge in [0.1, 0.15) is 23.9 Å². The molecule has 0 bridgehead atoms. The van der Waals surface area contributed by atoms with Crippen molar-refractivity contribution in [2.45, 2.75) is 18.3 Å². The molecule has 0 saturated carbocycles. The fourth-order valence-electron chi connectivity index (χ4n) is 2.21. The molecule has 1 aliphatic rings. The molecule has 5 N–H and O–H groups in total. The number of thioether (sulfide) groups is 1. The molecule has 13 heteroatoms. The molecule has 0 fully saturated rings. The lowest BCUT2D eigenvalue weighted by Gasteiger charge is -2.29. The number of aliphatic carboxylic acids is 1. The van der Waals surface area contributed by atoms with Crippen LogP contribution in [0.5, 0.6) is 0 Å². The van der Waals surface area contributed by atoms with Gasteiger partial charge < -0.3 is 31.0 Å². The van der Waals surface area contributed by atoms with Crippen LogP contribution in [0, 0.1) is 0 Å². The van der Waals surface area contributed by atoms with Crippen LogP contribution in [0.25, 0.3) is 0 Å². The highest BCUT2D eigenvalue weighted by atomic mass is 32.2. The average Bonchev–Trinajstić information content (AvgIpc) is 3.10. The van der Waals surface area contributed by atoms with Crippen molar-refractivity contribution in [3.63, 3.8) is 0 Å². The summed E-state index contributed by atoms with van der Waals surface area (Å²) in [6.07, 6.45) is 1.48. The molecule has 0 radical (unpaired) electrons. The van der Waals surface area contributed by atoms with Gasteiger partial charge in [-0.05, 0) is 13.0 Å². The van der Waals surface area contributed by atoms with Crippen molar-refractivity contribution in [2.75, 3.05) is 25.2 Å². The number of hydrogen-bond donors (Lipinski definition) is 4. The van der Waals surface area contributed by atoms with Crippen molar-refractivity contribution < 1.29 is 29.1 Å². The molecule has 11 nitrogen and oxygen atoms in total. The number of hydrogen-bond acceptors (Lipinski definition) is 11. The summed E-state index contributed by atoms with van der Waals surface area (Å²) >= 11 is 2.35. The highest BCUT2D eigenvalue weighted by molar-refractivity contribution is 8.00. The molecule has 0 spiro atoms. The van der Waals surface area contributed by atoms with Gasteiger partial charge in [-0.3, -0.25) is 4.79 Å². The zero-order valence-electron chi connectivity index (χ0n) is 15.0. The van der Waals surface area contributed by atoms with Crippen LogP contribution in [-0.2, 0) is 24.0 Å². The second-order valence-corrected chi connectivity index (χ2v) is 7.28. The number of carbonyl (C=O) groups is 3. The van der Waals surface area contributed by atoms with Crippen molar-refractivity contribution in [1.82, 2.24) is 15.6 Å². The Morgan fingerprint density at radius 1 is 1.54 bits per heavy atom. The second kappa shape index (κ2) is 9.94. The summed E-state index contributed by atoms with van der Waals surface area (Å²) in [7, 11) is 1.26. The molecule has 0 aliphatic carbocycles. The molecule has 1 amide bonds. The van der Waals surface area contributed by atoms with E-state index in [-0.39, 0.29) is 28.8 Å². The SMILES string of the molecule is CCOC(=O)[C@@H](NC(=O)/C(=N\OC)c1csc(N)n1)[C@H]1NC(C(=O)O)=CCS1. The summed E-state index contributed by atoms with van der Waals surface area (Å²) in [5.41, 5.74) is 5.53. The Morgan fingerprint density at radius 2 is 2.29 bits per heavy atom. The van der Waals surface area contributed by atoms with Gasteiger partial charge in [-0.2, -0.15) is 0 Å². The van der Waals surface area contributed by atoms with Gasteiger partial charge in [0.15, 0.2) is 16.9 Å². The smallest absolute Gasteiger partial charge is 0.351 e. The van der Waals surface area contributed by atoms with Crippen molar-refractivity contribution in [3.05, 3.63) is 22.8 Å². The Morgan fingerprint density at radius 3 is 2.86 bits per heavy atom. The quantitative estimate of drug-likeness (QED) is 0.246. The fourth-order valence-corrected chi connectivity index (χ4v) is 3.81. The zero-order chi connectivity index (χ0) is 20.7. The molecular weight excluding hydrogens is 410 g/mol. The van der Waals surface area contributed by atoms with Gasteiger partial charge in [-0.25, -0.2) is 14.6 Å². The Bertz CT molecular complexity index is 809. The van der Waals surface area contributed by atoms with Gasteiger partial charge in [0, 0.05) is 11.1 Å². The number of nitrogen functional groups attached to an aromatic ring is 1. The summed E-state index contributed by atoms with van der Waals surface area (Å²) < 4.78 is 5.02. The van der Waals surface area contributed by atoms with Crippen LogP contribution < -0.4 is 16.4 Å². The number of rotatable bonds is 8. The third kappa shape index (κ3) is 5.36. The molecule has 2 heterocycles. The van der Waals surface area contributed by atoms with Crippen molar-refractivity contribution in [2.24, 2.45) is 5.16 Å². The van der Waals surface area contributed by atoms with E-state index in [1.165, 1.54) is 30.3 Å². The lowest BCUT2D eigenvalue weighted by atomic mass is 10.2. The second-order valence-electron chi connectivity index (χ2n) is 5.22. The number of carbonyl (C=O) groups excluding carboxylic acids is 2. The van der Waals surface area contributed by atoms with E-state index >= 15 is 0 Å². The highest BCUT2D eigenvalue weighted by Gasteiger charge is 2.36. The molecule has 1 aromatic heterocycles. The van der Waals surface area contributed by atoms with Crippen molar-refractivity contribution in [1.29, 1.82) is 0 Å². The van der Waals surface area contributed by atoms with Crippen LogP contribution in [0.3, 0.4) is 0 Å². The predicted octanol–water partition coefficient (Wildman–Crippen LogP) is -0.245. The van der Waals surface area contributed by atoms with Gasteiger partial charge in [-0.15, -0.1) is 23.1 Å². The minimum absolute atomic E-state index is 0.0645. The van der Waals surface area contributed by atoms with Crippen LogP contribution >= 0.6 is 23.1 Å². The Balaban J connectivity index is 2.25. The normalized spacial score (nSPS) is 17.7.